The van der Waals surface area contributed by atoms with E-state index in [0.717, 1.165) is 51.5 Å². The van der Waals surface area contributed by atoms with E-state index in [0.29, 0.717) is 35.7 Å². The molecule has 5 aliphatic heterocycles. The van der Waals surface area contributed by atoms with Gasteiger partial charge in [-0.3, -0.25) is 14.0 Å². The summed E-state index contributed by atoms with van der Waals surface area (Å²) in [4.78, 5) is 5.11. The van der Waals surface area contributed by atoms with Gasteiger partial charge in [0.25, 0.3) is 0 Å². The monoisotopic (exact) mass is 526 g/mol. The minimum Gasteiger partial charge on any atom is -0.472 e. The van der Waals surface area contributed by atoms with E-state index in [2.05, 4.69) is 35.8 Å². The Morgan fingerprint density at radius 1 is 0.892 bits per heavy atom. The zero-order valence-corrected chi connectivity index (χ0v) is 23.1. The first-order valence-corrected chi connectivity index (χ1v) is 15.9. The van der Waals surface area contributed by atoms with Gasteiger partial charge in [0.15, 0.2) is 0 Å². The minimum atomic E-state index is -0.953. The zero-order chi connectivity index (χ0) is 25.4. The molecule has 5 aliphatic rings. The topological polar surface area (TPSA) is 70.1 Å². The average molecular weight is 527 g/mol. The second kappa shape index (κ2) is 9.07. The Balaban J connectivity index is 1.19. The normalized spacial score (nSPS) is 46.8. The fraction of sp³-hybridized carbons (Fsp3) is 0.733. The largest absolute Gasteiger partial charge is 0.472 e. The van der Waals surface area contributed by atoms with Crippen molar-refractivity contribution < 1.29 is 18.1 Å². The quantitative estimate of drug-likeness (QED) is 0.546. The third-order valence-electron chi connectivity index (χ3n) is 11.2. The van der Waals surface area contributed by atoms with Gasteiger partial charge in [0.1, 0.15) is 6.23 Å². The number of piperidine rings is 4. The van der Waals surface area contributed by atoms with Gasteiger partial charge < -0.3 is 13.9 Å². The first-order valence-electron chi connectivity index (χ1n) is 14.5. The average Bonchev–Trinajstić information content (AvgIpc) is 3.65. The molecule has 5 fully saturated rings. The highest BCUT2D eigenvalue weighted by Crippen LogP contribution is 2.58. The number of fused-ring (bicyclic) bond motifs is 2. The molecule has 7 rings (SSSR count). The van der Waals surface area contributed by atoms with Crippen molar-refractivity contribution in [1.82, 2.24) is 9.80 Å². The van der Waals surface area contributed by atoms with Gasteiger partial charge in [-0.1, -0.05) is 13.8 Å². The lowest BCUT2D eigenvalue weighted by Gasteiger charge is -2.57. The van der Waals surface area contributed by atoms with Crippen LogP contribution in [0.1, 0.15) is 94.8 Å². The van der Waals surface area contributed by atoms with Crippen molar-refractivity contribution in [3.05, 3.63) is 48.3 Å². The van der Waals surface area contributed by atoms with Crippen LogP contribution in [0.4, 0.5) is 0 Å². The molecule has 2 aromatic heterocycles. The van der Waals surface area contributed by atoms with Crippen LogP contribution in [0.5, 0.6) is 0 Å². The van der Waals surface area contributed by atoms with E-state index in [1.54, 1.807) is 12.5 Å². The van der Waals surface area contributed by atoms with Crippen molar-refractivity contribution in [2.75, 3.05) is 12.3 Å². The van der Waals surface area contributed by atoms with Crippen molar-refractivity contribution in [1.29, 1.82) is 0 Å². The summed E-state index contributed by atoms with van der Waals surface area (Å²) in [5.74, 6) is 1.86. The first-order chi connectivity index (χ1) is 17.9. The molecule has 7 heteroatoms. The molecule has 2 aromatic rings. The SMILES string of the molecule is CC1CCC(c2ccoc2)N2CC3(CCC12)CC1(CCC2C(C)CCC(c4ccoc4)N2C1O)CS3=O. The van der Waals surface area contributed by atoms with Gasteiger partial charge in [0, 0.05) is 63.8 Å². The third-order valence-corrected chi connectivity index (χ3v) is 13.5. The lowest BCUT2D eigenvalue weighted by molar-refractivity contribution is -0.182. The minimum absolute atomic E-state index is 0.182. The smallest absolute Gasteiger partial charge is 0.114 e. The van der Waals surface area contributed by atoms with Crippen molar-refractivity contribution in [2.24, 2.45) is 17.3 Å². The maximum Gasteiger partial charge on any atom is 0.114 e. The summed E-state index contributed by atoms with van der Waals surface area (Å²) >= 11 is 0. The zero-order valence-electron chi connectivity index (χ0n) is 22.3. The van der Waals surface area contributed by atoms with Gasteiger partial charge in [0.2, 0.25) is 0 Å². The molecule has 0 aromatic carbocycles. The van der Waals surface area contributed by atoms with Crippen LogP contribution >= 0.6 is 0 Å². The molecule has 0 bridgehead atoms. The summed E-state index contributed by atoms with van der Waals surface area (Å²) in [6.45, 7) is 5.62. The van der Waals surface area contributed by atoms with Gasteiger partial charge >= 0.3 is 0 Å². The summed E-state index contributed by atoms with van der Waals surface area (Å²) in [5.41, 5.74) is 2.14. The molecule has 1 N–H and O–H groups in total. The van der Waals surface area contributed by atoms with Gasteiger partial charge in [-0.2, -0.15) is 0 Å². The molecule has 202 valence electrons. The Bertz CT molecular complexity index is 1120. The number of furan rings is 2. The molecule has 0 aliphatic carbocycles. The van der Waals surface area contributed by atoms with Gasteiger partial charge in [0.05, 0.1) is 29.8 Å². The molecule has 6 nitrogen and oxygen atoms in total. The van der Waals surface area contributed by atoms with Crippen LogP contribution in [-0.4, -0.2) is 54.5 Å². The van der Waals surface area contributed by atoms with Gasteiger partial charge in [-0.05, 0) is 81.8 Å². The van der Waals surface area contributed by atoms with Gasteiger partial charge in [-0.15, -0.1) is 0 Å². The third kappa shape index (κ3) is 3.78. The number of rotatable bonds is 2. The predicted molar refractivity (Wildman–Crippen MR) is 143 cm³/mol. The molecule has 0 amide bonds. The summed E-state index contributed by atoms with van der Waals surface area (Å²) < 4.78 is 24.9. The number of nitrogens with zero attached hydrogens (tertiary/aromatic N) is 2. The molecule has 10 unspecified atom stereocenters. The van der Waals surface area contributed by atoms with Crippen LogP contribution < -0.4 is 0 Å². The summed E-state index contributed by atoms with van der Waals surface area (Å²) in [5, 5.41) is 12.2. The van der Waals surface area contributed by atoms with Crippen LogP contribution in [0.15, 0.2) is 46.0 Å². The summed E-state index contributed by atoms with van der Waals surface area (Å²) in [7, 11) is -0.953. The second-order valence-electron chi connectivity index (χ2n) is 13.2. The molecule has 10 atom stereocenters. The first kappa shape index (κ1) is 24.6. The maximum atomic E-state index is 14.2. The fourth-order valence-electron chi connectivity index (χ4n) is 9.26. The van der Waals surface area contributed by atoms with Crippen LogP contribution in [0.3, 0.4) is 0 Å². The Morgan fingerprint density at radius 2 is 1.54 bits per heavy atom. The standard InChI is InChI=1S/C30H42N2O4S/c1-20-3-5-26(22-9-13-35-15-22)31-18-30(12-8-24(20)31)17-29(19-37(30)34)11-7-25-21(2)4-6-27(32(25)28(29)33)23-10-14-36-16-23/h9-10,13-16,20-21,24-28,33H,3-8,11-12,17-19H2,1-2H3. The van der Waals surface area contributed by atoms with Crippen LogP contribution in [0, 0.1) is 17.3 Å². The Labute approximate surface area is 223 Å². The summed E-state index contributed by atoms with van der Waals surface area (Å²) in [6, 6.07) is 5.63. The van der Waals surface area contributed by atoms with E-state index >= 15 is 0 Å². The highest BCUT2D eigenvalue weighted by Gasteiger charge is 2.63. The molecule has 37 heavy (non-hydrogen) atoms. The summed E-state index contributed by atoms with van der Waals surface area (Å²) in [6.07, 6.45) is 16.4. The number of aliphatic hydroxyl groups excluding tert-OH is 1. The lowest BCUT2D eigenvalue weighted by atomic mass is 9.66. The highest BCUT2D eigenvalue weighted by atomic mass is 32.2. The van der Waals surface area contributed by atoms with Crippen molar-refractivity contribution in [2.45, 2.75) is 107 Å². The number of hydrogen-bond acceptors (Lipinski definition) is 6. The van der Waals surface area contributed by atoms with E-state index in [1.807, 2.05) is 12.5 Å². The number of hydrogen-bond donors (Lipinski definition) is 1. The van der Waals surface area contributed by atoms with E-state index in [1.165, 1.54) is 24.0 Å². The molecule has 5 saturated heterocycles. The Morgan fingerprint density at radius 3 is 2.24 bits per heavy atom. The fourth-order valence-corrected chi connectivity index (χ4v) is 11.6. The Hall–Kier alpha value is -1.41. The van der Waals surface area contributed by atoms with E-state index in [4.69, 9.17) is 8.83 Å². The van der Waals surface area contributed by atoms with E-state index in [9.17, 15) is 9.32 Å². The molecule has 7 heterocycles. The van der Waals surface area contributed by atoms with Crippen LogP contribution in [-0.2, 0) is 10.8 Å². The molecular formula is C30H42N2O4S. The number of aliphatic hydroxyl groups is 1. The van der Waals surface area contributed by atoms with E-state index < -0.39 is 17.0 Å². The van der Waals surface area contributed by atoms with Crippen molar-refractivity contribution >= 4 is 10.8 Å². The van der Waals surface area contributed by atoms with E-state index in [-0.39, 0.29) is 16.2 Å². The van der Waals surface area contributed by atoms with Crippen molar-refractivity contribution in [3.63, 3.8) is 0 Å². The van der Waals surface area contributed by atoms with Crippen LogP contribution in [0.2, 0.25) is 0 Å². The van der Waals surface area contributed by atoms with Gasteiger partial charge in [-0.25, -0.2) is 0 Å². The molecule has 0 saturated carbocycles. The molecule has 0 radical (unpaired) electrons. The Kier molecular flexibility index (Phi) is 6.04. The lowest BCUT2D eigenvalue weighted by Crippen LogP contribution is -2.62. The highest BCUT2D eigenvalue weighted by molar-refractivity contribution is 7.86. The maximum absolute atomic E-state index is 14.2. The van der Waals surface area contributed by atoms with Crippen molar-refractivity contribution in [3.8, 4) is 0 Å². The second-order valence-corrected chi connectivity index (χ2v) is 15.0. The molecular weight excluding hydrogens is 484 g/mol. The predicted octanol–water partition coefficient (Wildman–Crippen LogP) is 5.64. The van der Waals surface area contributed by atoms with Crippen LogP contribution in [0.25, 0.3) is 0 Å². The molecule has 2 spiro atoms.